The lowest BCUT2D eigenvalue weighted by atomic mass is 10.1. The minimum Gasteiger partial charge on any atom is -0.258 e. The largest absolute Gasteiger partial charge is 0.273 e. The Morgan fingerprint density at radius 3 is 2.67 bits per heavy atom. The highest BCUT2D eigenvalue weighted by Gasteiger charge is 2.21. The molecule has 0 aliphatic carbocycles. The van der Waals surface area contributed by atoms with Gasteiger partial charge in [-0.15, -0.1) is 0 Å². The van der Waals surface area contributed by atoms with Crippen LogP contribution in [0.25, 0.3) is 21.0 Å². The number of fused-ring (bicyclic) bond motifs is 3. The fraction of sp³-hybridized carbons (Fsp3) is 0.0556. The first-order valence-corrected chi connectivity index (χ1v) is 10.2. The third-order valence-electron chi connectivity index (χ3n) is 4.19. The van der Waals surface area contributed by atoms with Gasteiger partial charge in [0.1, 0.15) is 0 Å². The number of anilines is 1. The Kier molecular flexibility index (Phi) is 4.05. The molecule has 0 aliphatic rings. The number of rotatable bonds is 4. The predicted octanol–water partition coefficient (Wildman–Crippen LogP) is 4.47. The molecule has 9 heteroatoms. The van der Waals surface area contributed by atoms with E-state index >= 15 is 0 Å². The number of hydrogen-bond donors (Lipinski definition) is 1. The van der Waals surface area contributed by atoms with Crippen molar-refractivity contribution in [1.29, 1.82) is 0 Å². The van der Waals surface area contributed by atoms with Crippen molar-refractivity contribution in [1.82, 2.24) is 4.98 Å². The van der Waals surface area contributed by atoms with Gasteiger partial charge in [-0.25, -0.2) is 13.4 Å². The molecule has 0 saturated carbocycles. The number of nitrogens with one attached hydrogen (secondary N) is 1. The van der Waals surface area contributed by atoms with Crippen molar-refractivity contribution in [2.24, 2.45) is 0 Å². The lowest BCUT2D eigenvalue weighted by Gasteiger charge is -2.06. The number of nitro groups is 1. The van der Waals surface area contributed by atoms with E-state index in [4.69, 9.17) is 0 Å². The Morgan fingerprint density at radius 1 is 1.11 bits per heavy atom. The number of nitro benzene ring substituents is 1. The molecule has 1 N–H and O–H groups in total. The van der Waals surface area contributed by atoms with Gasteiger partial charge < -0.3 is 0 Å². The van der Waals surface area contributed by atoms with Crippen LogP contribution in [0.1, 0.15) is 5.56 Å². The Bertz CT molecular complexity index is 1310. The van der Waals surface area contributed by atoms with E-state index < -0.39 is 14.9 Å². The van der Waals surface area contributed by atoms with Crippen LogP contribution in [0.5, 0.6) is 0 Å². The number of sulfonamides is 1. The van der Waals surface area contributed by atoms with Crippen molar-refractivity contribution < 1.29 is 13.3 Å². The first-order chi connectivity index (χ1) is 12.8. The van der Waals surface area contributed by atoms with Crippen LogP contribution < -0.4 is 4.72 Å². The van der Waals surface area contributed by atoms with Gasteiger partial charge in [-0.3, -0.25) is 14.8 Å². The first-order valence-electron chi connectivity index (χ1n) is 7.91. The fourth-order valence-electron chi connectivity index (χ4n) is 2.83. The number of hydrogen-bond acceptors (Lipinski definition) is 6. The van der Waals surface area contributed by atoms with Crippen molar-refractivity contribution in [2.45, 2.75) is 11.8 Å². The average molecular weight is 399 g/mol. The van der Waals surface area contributed by atoms with Crippen LogP contribution in [0.2, 0.25) is 0 Å². The molecular formula is C18H13N3O4S2. The summed E-state index contributed by atoms with van der Waals surface area (Å²) in [5.41, 5.74) is 0.865. The molecule has 0 spiro atoms. The second-order valence-electron chi connectivity index (χ2n) is 5.96. The zero-order valence-electron chi connectivity index (χ0n) is 14.0. The lowest BCUT2D eigenvalue weighted by Crippen LogP contribution is -2.13. The molecule has 3 aromatic carbocycles. The standard InChI is InChI=1S/C18H13N3O4S2/c1-11-6-8-13(10-15(11)21(22)23)27(24,25)20-18-19-17-14-5-3-2-4-12(14)7-9-16(17)26-18/h2-10H,1H3,(H,19,20). The predicted molar refractivity (Wildman–Crippen MR) is 106 cm³/mol. The summed E-state index contributed by atoms with van der Waals surface area (Å²) in [5.74, 6) is 0. The van der Waals surface area contributed by atoms with Crippen LogP contribution >= 0.6 is 11.3 Å². The van der Waals surface area contributed by atoms with Gasteiger partial charge in [-0.05, 0) is 24.4 Å². The molecule has 0 saturated heterocycles. The van der Waals surface area contributed by atoms with E-state index in [1.54, 1.807) is 6.92 Å². The average Bonchev–Trinajstić information content (AvgIpc) is 3.03. The Labute approximate surface area is 158 Å². The van der Waals surface area contributed by atoms with Crippen molar-refractivity contribution in [2.75, 3.05) is 4.72 Å². The van der Waals surface area contributed by atoms with Gasteiger partial charge in [0.2, 0.25) is 0 Å². The molecule has 1 heterocycles. The molecule has 0 bridgehead atoms. The number of benzene rings is 3. The molecule has 0 aliphatic heterocycles. The fourth-order valence-corrected chi connectivity index (χ4v) is 4.97. The number of thiazole rings is 1. The summed E-state index contributed by atoms with van der Waals surface area (Å²) in [4.78, 5) is 14.7. The zero-order chi connectivity index (χ0) is 19.2. The van der Waals surface area contributed by atoms with Crippen LogP contribution in [-0.2, 0) is 10.0 Å². The van der Waals surface area contributed by atoms with Gasteiger partial charge in [0, 0.05) is 17.0 Å². The maximum Gasteiger partial charge on any atom is 0.273 e. The maximum atomic E-state index is 12.7. The molecule has 0 unspecified atom stereocenters. The van der Waals surface area contributed by atoms with Crippen LogP contribution in [0.4, 0.5) is 10.8 Å². The summed E-state index contributed by atoms with van der Waals surface area (Å²) in [7, 11) is -3.99. The summed E-state index contributed by atoms with van der Waals surface area (Å²) in [6, 6.07) is 15.4. The number of aryl methyl sites for hydroxylation is 1. The van der Waals surface area contributed by atoms with E-state index in [1.165, 1.54) is 23.5 Å². The van der Waals surface area contributed by atoms with Crippen LogP contribution in [0.3, 0.4) is 0 Å². The summed E-state index contributed by atoms with van der Waals surface area (Å²) in [6.07, 6.45) is 0. The van der Waals surface area contributed by atoms with E-state index in [-0.39, 0.29) is 15.7 Å². The Morgan fingerprint density at radius 2 is 1.89 bits per heavy atom. The zero-order valence-corrected chi connectivity index (χ0v) is 15.7. The van der Waals surface area contributed by atoms with Crippen molar-refractivity contribution in [3.8, 4) is 0 Å². The smallest absolute Gasteiger partial charge is 0.258 e. The van der Waals surface area contributed by atoms with E-state index in [1.807, 2.05) is 36.4 Å². The quantitative estimate of drug-likeness (QED) is 0.403. The monoisotopic (exact) mass is 399 g/mol. The molecule has 4 rings (SSSR count). The molecule has 0 radical (unpaired) electrons. The van der Waals surface area contributed by atoms with E-state index in [0.29, 0.717) is 11.1 Å². The SMILES string of the molecule is Cc1ccc(S(=O)(=O)Nc2nc3c(ccc4ccccc43)s2)cc1[N+](=O)[O-]. The van der Waals surface area contributed by atoms with Gasteiger partial charge in [-0.1, -0.05) is 47.7 Å². The van der Waals surface area contributed by atoms with Gasteiger partial charge in [0.15, 0.2) is 5.13 Å². The molecule has 1 aromatic heterocycles. The van der Waals surface area contributed by atoms with Crippen molar-refractivity contribution >= 4 is 53.2 Å². The Hall–Kier alpha value is -3.04. The van der Waals surface area contributed by atoms with Gasteiger partial charge in [0.25, 0.3) is 15.7 Å². The van der Waals surface area contributed by atoms with Crippen molar-refractivity contribution in [3.63, 3.8) is 0 Å². The normalized spacial score (nSPS) is 11.7. The lowest BCUT2D eigenvalue weighted by molar-refractivity contribution is -0.385. The minimum absolute atomic E-state index is 0.177. The van der Waals surface area contributed by atoms with Crippen LogP contribution in [-0.4, -0.2) is 18.3 Å². The highest BCUT2D eigenvalue weighted by Crippen LogP contribution is 2.33. The van der Waals surface area contributed by atoms with Crippen LogP contribution in [0, 0.1) is 17.0 Å². The first kappa shape index (κ1) is 17.4. The highest BCUT2D eigenvalue weighted by atomic mass is 32.2. The number of nitrogens with zero attached hydrogens (tertiary/aromatic N) is 2. The molecule has 0 fully saturated rings. The summed E-state index contributed by atoms with van der Waals surface area (Å²) < 4.78 is 28.6. The molecular weight excluding hydrogens is 386 g/mol. The van der Waals surface area contributed by atoms with Gasteiger partial charge in [-0.2, -0.15) is 0 Å². The maximum absolute atomic E-state index is 12.7. The molecule has 4 aromatic rings. The van der Waals surface area contributed by atoms with Crippen molar-refractivity contribution in [3.05, 3.63) is 70.3 Å². The van der Waals surface area contributed by atoms with E-state index in [0.717, 1.165) is 21.5 Å². The molecule has 0 amide bonds. The molecule has 27 heavy (non-hydrogen) atoms. The second kappa shape index (κ2) is 6.29. The summed E-state index contributed by atoms with van der Waals surface area (Å²) in [6.45, 7) is 1.56. The van der Waals surface area contributed by atoms with E-state index in [9.17, 15) is 18.5 Å². The molecule has 136 valence electrons. The third kappa shape index (κ3) is 3.11. The summed E-state index contributed by atoms with van der Waals surface area (Å²) >= 11 is 1.21. The van der Waals surface area contributed by atoms with Gasteiger partial charge >= 0.3 is 0 Å². The van der Waals surface area contributed by atoms with Crippen LogP contribution in [0.15, 0.2) is 59.5 Å². The topological polar surface area (TPSA) is 102 Å². The molecule has 0 atom stereocenters. The minimum atomic E-state index is -3.99. The molecule has 7 nitrogen and oxygen atoms in total. The Balaban J connectivity index is 1.76. The van der Waals surface area contributed by atoms with Gasteiger partial charge in [0.05, 0.1) is 20.0 Å². The third-order valence-corrected chi connectivity index (χ3v) is 6.59. The van der Waals surface area contributed by atoms with E-state index in [2.05, 4.69) is 9.71 Å². The highest BCUT2D eigenvalue weighted by molar-refractivity contribution is 7.93. The second-order valence-corrected chi connectivity index (χ2v) is 8.68. The number of aromatic nitrogens is 1. The summed E-state index contributed by atoms with van der Waals surface area (Å²) in [5, 5.41) is 13.2.